The van der Waals surface area contributed by atoms with Gasteiger partial charge in [0.05, 0.1) is 23.4 Å². The Morgan fingerprint density at radius 1 is 1.18 bits per heavy atom. The number of hydrogen-bond acceptors (Lipinski definition) is 5. The number of methoxy groups -OCH3 is 1. The zero-order valence-electron chi connectivity index (χ0n) is 16.8. The van der Waals surface area contributed by atoms with Crippen LogP contribution in [0.1, 0.15) is 29.7 Å². The topological polar surface area (TPSA) is 69.7 Å². The average Bonchev–Trinajstić information content (AvgIpc) is 2.70. The lowest BCUT2D eigenvalue weighted by Gasteiger charge is -2.36. The molecule has 28 heavy (non-hydrogen) atoms. The van der Waals surface area contributed by atoms with Gasteiger partial charge in [-0.1, -0.05) is 29.8 Å². The zero-order chi connectivity index (χ0) is 20.0. The highest BCUT2D eigenvalue weighted by Gasteiger charge is 2.42. The molecule has 0 spiro atoms. The maximum atomic E-state index is 13.4. The van der Waals surface area contributed by atoms with Gasteiger partial charge in [-0.05, 0) is 38.3 Å². The van der Waals surface area contributed by atoms with Gasteiger partial charge in [-0.3, -0.25) is 4.79 Å². The standard InChI is InChI=1S/C22H28N2O4/c1-16-5-4-6-18(15-16)22(9-11-27-12-10-22)21(25)24-19-7-8-20(23-17(19)2)28-14-13-26-3/h4-8,15H,9-14H2,1-3H3,(H,24,25). The van der Waals surface area contributed by atoms with Crippen LogP contribution in [0, 0.1) is 13.8 Å². The van der Waals surface area contributed by atoms with Gasteiger partial charge >= 0.3 is 0 Å². The Morgan fingerprint density at radius 3 is 2.64 bits per heavy atom. The van der Waals surface area contributed by atoms with Gasteiger partial charge in [0, 0.05) is 26.4 Å². The summed E-state index contributed by atoms with van der Waals surface area (Å²) in [6, 6.07) is 11.8. The largest absolute Gasteiger partial charge is 0.475 e. The van der Waals surface area contributed by atoms with Crippen LogP contribution in [0.3, 0.4) is 0 Å². The van der Waals surface area contributed by atoms with Crippen molar-refractivity contribution >= 4 is 11.6 Å². The van der Waals surface area contributed by atoms with Gasteiger partial charge in [0.1, 0.15) is 6.61 Å². The molecule has 0 atom stereocenters. The number of rotatable bonds is 7. The Bertz CT molecular complexity index is 816. The number of aryl methyl sites for hydroxylation is 2. The van der Waals surface area contributed by atoms with Crippen molar-refractivity contribution in [1.29, 1.82) is 0 Å². The fourth-order valence-corrected chi connectivity index (χ4v) is 3.53. The van der Waals surface area contributed by atoms with Crippen LogP contribution in [-0.4, -0.2) is 44.4 Å². The quantitative estimate of drug-likeness (QED) is 0.741. The Morgan fingerprint density at radius 2 is 1.96 bits per heavy atom. The number of aromatic nitrogens is 1. The van der Waals surface area contributed by atoms with E-state index in [1.807, 2.05) is 38.1 Å². The normalized spacial score (nSPS) is 15.8. The van der Waals surface area contributed by atoms with Crippen LogP contribution in [-0.2, 0) is 19.7 Å². The monoisotopic (exact) mass is 384 g/mol. The Kier molecular flexibility index (Phi) is 6.65. The van der Waals surface area contributed by atoms with Crippen molar-refractivity contribution in [2.24, 2.45) is 0 Å². The van der Waals surface area contributed by atoms with Crippen LogP contribution < -0.4 is 10.1 Å². The van der Waals surface area contributed by atoms with Crippen LogP contribution in [0.5, 0.6) is 5.88 Å². The van der Waals surface area contributed by atoms with Crippen LogP contribution in [0.15, 0.2) is 36.4 Å². The van der Waals surface area contributed by atoms with E-state index in [2.05, 4.69) is 16.4 Å². The third-order valence-electron chi connectivity index (χ3n) is 5.20. The summed E-state index contributed by atoms with van der Waals surface area (Å²) >= 11 is 0. The van der Waals surface area contributed by atoms with Gasteiger partial charge in [-0.2, -0.15) is 0 Å². The highest BCUT2D eigenvalue weighted by molar-refractivity contribution is 5.99. The predicted octanol–water partition coefficient (Wildman–Crippen LogP) is 3.41. The number of anilines is 1. The number of carbonyl (C=O) groups is 1. The Labute approximate surface area is 166 Å². The molecule has 6 heteroatoms. The summed E-state index contributed by atoms with van der Waals surface area (Å²) in [5.41, 5.74) is 3.01. The van der Waals surface area contributed by atoms with Gasteiger partial charge in [-0.25, -0.2) is 4.98 Å². The third kappa shape index (κ3) is 4.51. The third-order valence-corrected chi connectivity index (χ3v) is 5.20. The summed E-state index contributed by atoms with van der Waals surface area (Å²) in [5, 5.41) is 3.10. The molecule has 1 N–H and O–H groups in total. The molecule has 0 radical (unpaired) electrons. The summed E-state index contributed by atoms with van der Waals surface area (Å²) in [5.74, 6) is 0.506. The first-order valence-corrected chi connectivity index (χ1v) is 9.61. The van der Waals surface area contributed by atoms with Crippen LogP contribution >= 0.6 is 0 Å². The van der Waals surface area contributed by atoms with Crippen molar-refractivity contribution in [1.82, 2.24) is 4.98 Å². The van der Waals surface area contributed by atoms with E-state index in [9.17, 15) is 4.79 Å². The van der Waals surface area contributed by atoms with Crippen LogP contribution in [0.4, 0.5) is 5.69 Å². The second-order valence-corrected chi connectivity index (χ2v) is 7.14. The molecule has 1 fully saturated rings. The van der Waals surface area contributed by atoms with Gasteiger partial charge < -0.3 is 19.5 Å². The van der Waals surface area contributed by atoms with Crippen molar-refractivity contribution in [2.75, 3.05) is 38.9 Å². The van der Waals surface area contributed by atoms with E-state index in [0.29, 0.717) is 50.8 Å². The molecule has 0 bridgehead atoms. The zero-order valence-corrected chi connectivity index (χ0v) is 16.8. The number of pyridine rings is 1. The Hall–Kier alpha value is -2.44. The number of nitrogens with zero attached hydrogens (tertiary/aromatic N) is 1. The molecule has 0 unspecified atom stereocenters. The summed E-state index contributed by atoms with van der Waals surface area (Å²) in [7, 11) is 1.63. The second-order valence-electron chi connectivity index (χ2n) is 7.14. The SMILES string of the molecule is COCCOc1ccc(NC(=O)C2(c3cccc(C)c3)CCOCC2)c(C)n1. The lowest BCUT2D eigenvalue weighted by molar-refractivity contribution is -0.125. The van der Waals surface area contributed by atoms with Crippen LogP contribution in [0.2, 0.25) is 0 Å². The highest BCUT2D eigenvalue weighted by Crippen LogP contribution is 2.37. The minimum absolute atomic E-state index is 0.0145. The highest BCUT2D eigenvalue weighted by atomic mass is 16.5. The maximum absolute atomic E-state index is 13.4. The van der Waals surface area contributed by atoms with E-state index in [1.165, 1.54) is 0 Å². The predicted molar refractivity (Wildman–Crippen MR) is 108 cm³/mol. The molecule has 2 aromatic rings. The van der Waals surface area contributed by atoms with E-state index in [4.69, 9.17) is 14.2 Å². The van der Waals surface area contributed by atoms with Crippen molar-refractivity contribution in [3.8, 4) is 5.88 Å². The maximum Gasteiger partial charge on any atom is 0.235 e. The summed E-state index contributed by atoms with van der Waals surface area (Å²) in [4.78, 5) is 17.8. The molecule has 1 amide bonds. The number of ether oxygens (including phenoxy) is 3. The van der Waals surface area contributed by atoms with Gasteiger partial charge in [-0.15, -0.1) is 0 Å². The molecular formula is C22H28N2O4. The molecule has 150 valence electrons. The summed E-state index contributed by atoms with van der Waals surface area (Å²) in [6.07, 6.45) is 1.32. The molecule has 0 saturated carbocycles. The van der Waals surface area contributed by atoms with Gasteiger partial charge in [0.2, 0.25) is 11.8 Å². The molecule has 2 heterocycles. The van der Waals surface area contributed by atoms with Crippen molar-refractivity contribution < 1.29 is 19.0 Å². The fraction of sp³-hybridized carbons (Fsp3) is 0.455. The van der Waals surface area contributed by atoms with E-state index >= 15 is 0 Å². The smallest absolute Gasteiger partial charge is 0.235 e. The number of hydrogen-bond donors (Lipinski definition) is 1. The first-order valence-electron chi connectivity index (χ1n) is 9.61. The number of benzene rings is 1. The van der Waals surface area contributed by atoms with Crippen molar-refractivity contribution in [2.45, 2.75) is 32.1 Å². The van der Waals surface area contributed by atoms with Crippen molar-refractivity contribution in [3.05, 3.63) is 53.2 Å². The lowest BCUT2D eigenvalue weighted by Crippen LogP contribution is -2.45. The fourth-order valence-electron chi connectivity index (χ4n) is 3.53. The number of amides is 1. The molecule has 1 aliphatic heterocycles. The van der Waals surface area contributed by atoms with Gasteiger partial charge in [0.15, 0.2) is 0 Å². The first-order chi connectivity index (χ1) is 13.5. The van der Waals surface area contributed by atoms with E-state index in [1.54, 1.807) is 13.2 Å². The lowest BCUT2D eigenvalue weighted by atomic mass is 9.73. The molecule has 0 aliphatic carbocycles. The number of carbonyl (C=O) groups excluding carboxylic acids is 1. The molecule has 1 aliphatic rings. The van der Waals surface area contributed by atoms with Crippen LogP contribution in [0.25, 0.3) is 0 Å². The van der Waals surface area contributed by atoms with Gasteiger partial charge in [0.25, 0.3) is 0 Å². The van der Waals surface area contributed by atoms with E-state index in [-0.39, 0.29) is 5.91 Å². The average molecular weight is 384 g/mol. The minimum atomic E-state index is -0.593. The minimum Gasteiger partial charge on any atom is -0.475 e. The molecule has 1 aromatic heterocycles. The first kappa shape index (κ1) is 20.3. The van der Waals surface area contributed by atoms with E-state index in [0.717, 1.165) is 16.8 Å². The molecule has 1 saturated heterocycles. The summed E-state index contributed by atoms with van der Waals surface area (Å²) in [6.45, 7) is 5.99. The number of nitrogens with one attached hydrogen (secondary N) is 1. The summed E-state index contributed by atoms with van der Waals surface area (Å²) < 4.78 is 16.1. The van der Waals surface area contributed by atoms with E-state index < -0.39 is 5.41 Å². The molecule has 3 rings (SSSR count). The molecule has 6 nitrogen and oxygen atoms in total. The molecule has 1 aromatic carbocycles. The second kappa shape index (κ2) is 9.17. The molecular weight excluding hydrogens is 356 g/mol. The van der Waals surface area contributed by atoms with Crippen molar-refractivity contribution in [3.63, 3.8) is 0 Å². The Balaban J connectivity index is 1.81.